The van der Waals surface area contributed by atoms with E-state index in [1.54, 1.807) is 0 Å². The highest BCUT2D eigenvalue weighted by Gasteiger charge is 2.21. The second-order valence-corrected chi connectivity index (χ2v) is 16.7. The summed E-state index contributed by atoms with van der Waals surface area (Å²) in [6.07, 6.45) is 0. The van der Waals surface area contributed by atoms with Crippen molar-refractivity contribution in [2.24, 2.45) is 0 Å². The second kappa shape index (κ2) is 14.6. The van der Waals surface area contributed by atoms with Gasteiger partial charge in [-0.05, 0) is 67.4 Å². The molecule has 11 aromatic carbocycles. The van der Waals surface area contributed by atoms with Crippen molar-refractivity contribution >= 4 is 108 Å². The lowest BCUT2D eigenvalue weighted by atomic mass is 9.96. The maximum Gasteiger partial charge on any atom is 0.0620 e. The number of hydrogen-bond acceptors (Lipinski definition) is 0. The normalized spacial score (nSPS) is 11.8. The molecule has 2 heteroatoms. The van der Waals surface area contributed by atoms with Crippen LogP contribution in [-0.4, -0.2) is 9.13 Å². The van der Waals surface area contributed by atoms with Gasteiger partial charge in [-0.15, -0.1) is 0 Å². The maximum absolute atomic E-state index is 2.56. The summed E-state index contributed by atoms with van der Waals surface area (Å²) >= 11 is 0. The van der Waals surface area contributed by atoms with Crippen LogP contribution in [0.2, 0.25) is 0 Å². The summed E-state index contributed by atoms with van der Waals surface area (Å²) in [5, 5.41) is 19.1. The van der Waals surface area contributed by atoms with Crippen molar-refractivity contribution in [2.75, 3.05) is 0 Å². The fraction of sp³-hybridized carbons (Fsp3) is 0. The molecule has 0 aliphatic rings. The van der Waals surface area contributed by atoms with Crippen LogP contribution in [0.25, 0.3) is 120 Å². The maximum atomic E-state index is 2.56. The van der Waals surface area contributed by atoms with E-state index in [0.717, 1.165) is 55.0 Å². The van der Waals surface area contributed by atoms with Gasteiger partial charge in [-0.25, -0.2) is 0 Å². The Hall–Kier alpha value is -8.46. The largest absolute Gasteiger partial charge is 0.308 e. The third-order valence-corrected chi connectivity index (χ3v) is 13.4. The summed E-state index contributed by atoms with van der Waals surface area (Å²) < 4.78 is 5.12. The van der Waals surface area contributed by atoms with Crippen LogP contribution < -0.4 is 0 Å². The zero-order chi connectivity index (χ0) is 42.1. The summed E-state index contributed by atoms with van der Waals surface area (Å²) in [5.41, 5.74) is 6.81. The molecule has 13 aromatic rings. The van der Waals surface area contributed by atoms with Crippen LogP contribution in [0.4, 0.5) is 0 Å². The highest BCUT2D eigenvalue weighted by Crippen LogP contribution is 2.44. The van der Waals surface area contributed by atoms with Crippen molar-refractivity contribution in [1.29, 1.82) is 0 Å². The molecule has 0 fully saturated rings. The Morgan fingerprint density at radius 2 is 0.281 bits per heavy atom. The average molecular weight is 813 g/mol. The lowest BCUT2D eigenvalue weighted by Gasteiger charge is -2.23. The topological polar surface area (TPSA) is 9.86 Å². The Kier molecular flexibility index (Phi) is 8.25. The molecule has 13 rings (SSSR count). The summed E-state index contributed by atoms with van der Waals surface area (Å²) in [7, 11) is 0. The van der Waals surface area contributed by atoms with Gasteiger partial charge in [0.05, 0.1) is 33.4 Å². The Bertz CT molecular complexity index is 3670. The van der Waals surface area contributed by atoms with Gasteiger partial charge in [0.1, 0.15) is 0 Å². The molecule has 298 valence electrons. The molecule has 0 bridgehead atoms. The minimum Gasteiger partial charge on any atom is -0.308 e. The van der Waals surface area contributed by atoms with E-state index >= 15 is 0 Å². The number of aromatic nitrogens is 2. The standard InChI is InChI=1S/C62H40N2/c1-5-25-45-41(21-1)42-22-2-6-26-46(42)50-30-14-18-38-58(50)63(57-37-17-13-29-49(45)57)61-53-33-9-11-35-55(53)62(56-36-12-10-34-54(56)61)64-59-39-19-15-31-51(59)47-27-7-3-23-43(47)44-24-4-8-28-48(44)52-32-16-20-40-60(52)64/h1-40H. The van der Waals surface area contributed by atoms with Gasteiger partial charge in [-0.3, -0.25) is 0 Å². The van der Waals surface area contributed by atoms with Gasteiger partial charge in [0.15, 0.2) is 0 Å². The van der Waals surface area contributed by atoms with Crippen molar-refractivity contribution in [3.05, 3.63) is 243 Å². The molecule has 0 radical (unpaired) electrons. The first-order valence-corrected chi connectivity index (χ1v) is 22.1. The van der Waals surface area contributed by atoms with Gasteiger partial charge in [0, 0.05) is 43.1 Å². The molecule has 2 aromatic heterocycles. The number of rotatable bonds is 2. The van der Waals surface area contributed by atoms with E-state index < -0.39 is 0 Å². The number of para-hydroxylation sites is 4. The lowest BCUT2D eigenvalue weighted by molar-refractivity contribution is 1.18. The molecule has 0 aliphatic heterocycles. The minimum absolute atomic E-state index is 1.13. The fourth-order valence-electron chi connectivity index (χ4n) is 10.7. The molecule has 0 atom stereocenters. The molecule has 0 N–H and O–H groups in total. The Balaban J connectivity index is 1.32. The smallest absolute Gasteiger partial charge is 0.0620 e. The van der Waals surface area contributed by atoms with Crippen LogP contribution in [0, 0.1) is 0 Å². The van der Waals surface area contributed by atoms with Crippen LogP contribution in [0.15, 0.2) is 243 Å². The number of hydrogen-bond donors (Lipinski definition) is 0. The van der Waals surface area contributed by atoms with Crippen LogP contribution in [0.5, 0.6) is 0 Å². The molecule has 0 aliphatic carbocycles. The summed E-state index contributed by atoms with van der Waals surface area (Å²) in [4.78, 5) is 0. The second-order valence-electron chi connectivity index (χ2n) is 16.7. The van der Waals surface area contributed by atoms with Gasteiger partial charge >= 0.3 is 0 Å². The molecule has 64 heavy (non-hydrogen) atoms. The van der Waals surface area contributed by atoms with E-state index in [1.807, 2.05) is 0 Å². The third-order valence-electron chi connectivity index (χ3n) is 13.4. The zero-order valence-corrected chi connectivity index (χ0v) is 35.0. The van der Waals surface area contributed by atoms with Gasteiger partial charge < -0.3 is 9.13 Å². The van der Waals surface area contributed by atoms with Crippen molar-refractivity contribution in [1.82, 2.24) is 9.13 Å². The Labute approximate surface area is 369 Å². The summed E-state index contributed by atoms with van der Waals surface area (Å²) in [6, 6.07) is 89.6. The molecule has 0 amide bonds. The monoisotopic (exact) mass is 812 g/mol. The predicted octanol–water partition coefficient (Wildman–Crippen LogP) is 17.0. The molecular formula is C62H40N2. The molecule has 0 unspecified atom stereocenters. The highest BCUT2D eigenvalue weighted by atomic mass is 15.0. The van der Waals surface area contributed by atoms with Gasteiger partial charge in [-0.1, -0.05) is 218 Å². The van der Waals surface area contributed by atoms with Crippen molar-refractivity contribution in [3.63, 3.8) is 0 Å². The lowest BCUT2D eigenvalue weighted by Crippen LogP contribution is -2.05. The molecule has 2 heterocycles. The molecule has 2 nitrogen and oxygen atoms in total. The highest BCUT2D eigenvalue weighted by molar-refractivity contribution is 6.24. The van der Waals surface area contributed by atoms with E-state index in [9.17, 15) is 0 Å². The quantitative estimate of drug-likeness (QED) is 0.154. The first-order valence-electron chi connectivity index (χ1n) is 22.1. The molecule has 0 spiro atoms. The first kappa shape index (κ1) is 36.2. The van der Waals surface area contributed by atoms with Crippen LogP contribution in [0.3, 0.4) is 0 Å². The van der Waals surface area contributed by atoms with E-state index in [1.165, 1.54) is 64.6 Å². The van der Waals surface area contributed by atoms with Crippen molar-refractivity contribution in [2.45, 2.75) is 0 Å². The van der Waals surface area contributed by atoms with E-state index in [-0.39, 0.29) is 0 Å². The van der Waals surface area contributed by atoms with E-state index in [2.05, 4.69) is 252 Å². The van der Waals surface area contributed by atoms with E-state index in [4.69, 9.17) is 0 Å². The number of nitrogens with zero attached hydrogens (tertiary/aromatic N) is 2. The molecule has 0 saturated carbocycles. The predicted molar refractivity (Wildman–Crippen MR) is 275 cm³/mol. The first-order chi connectivity index (χ1) is 31.8. The van der Waals surface area contributed by atoms with Crippen molar-refractivity contribution < 1.29 is 0 Å². The number of fused-ring (bicyclic) bond motifs is 16. The average Bonchev–Trinajstić information content (AvgIpc) is 3.44. The fourth-order valence-corrected chi connectivity index (χ4v) is 10.7. The third kappa shape index (κ3) is 5.39. The van der Waals surface area contributed by atoms with Crippen molar-refractivity contribution in [3.8, 4) is 11.4 Å². The minimum atomic E-state index is 1.13. The van der Waals surface area contributed by atoms with E-state index in [0.29, 0.717) is 0 Å². The van der Waals surface area contributed by atoms with Gasteiger partial charge in [0.2, 0.25) is 0 Å². The Morgan fingerprint density at radius 3 is 0.484 bits per heavy atom. The van der Waals surface area contributed by atoms with Crippen LogP contribution in [0.1, 0.15) is 0 Å². The molecular weight excluding hydrogens is 773 g/mol. The Morgan fingerprint density at radius 1 is 0.141 bits per heavy atom. The number of benzene rings is 11. The van der Waals surface area contributed by atoms with Gasteiger partial charge in [0.25, 0.3) is 0 Å². The van der Waals surface area contributed by atoms with Gasteiger partial charge in [-0.2, -0.15) is 0 Å². The summed E-state index contributed by atoms with van der Waals surface area (Å²) in [6.45, 7) is 0. The van der Waals surface area contributed by atoms with Crippen LogP contribution in [-0.2, 0) is 0 Å². The van der Waals surface area contributed by atoms with Crippen LogP contribution >= 0.6 is 0 Å². The molecule has 0 saturated heterocycles. The summed E-state index contributed by atoms with van der Waals surface area (Å²) in [5.74, 6) is 0. The zero-order valence-electron chi connectivity index (χ0n) is 35.0. The SMILES string of the molecule is c1ccc2c(-n3c4ccccc4c4ccccc4c4ccccc4c4ccccc43)c3ccccc3c(-n3c4ccccc4c4ccccc4c4ccccc4c4ccccc43)c2c1.